The predicted octanol–water partition coefficient (Wildman–Crippen LogP) is 1.66. The Bertz CT molecular complexity index is 382. The highest BCUT2D eigenvalue weighted by atomic mass is 15.1. The van der Waals surface area contributed by atoms with Gasteiger partial charge in [-0.3, -0.25) is 10.1 Å². The third kappa shape index (κ3) is 2.63. The molecule has 0 fully saturated rings. The van der Waals surface area contributed by atoms with E-state index in [9.17, 15) is 0 Å². The lowest BCUT2D eigenvalue weighted by Crippen LogP contribution is -2.18. The van der Waals surface area contributed by atoms with Crippen molar-refractivity contribution in [3.8, 4) is 0 Å². The quantitative estimate of drug-likeness (QED) is 0.792. The van der Waals surface area contributed by atoms with Gasteiger partial charge in [-0.2, -0.15) is 5.10 Å². The van der Waals surface area contributed by atoms with Crippen LogP contribution in [-0.4, -0.2) is 15.2 Å². The molecule has 0 saturated heterocycles. The Morgan fingerprint density at radius 3 is 3.00 bits per heavy atom. The molecule has 0 unspecified atom stereocenters. The van der Waals surface area contributed by atoms with Crippen LogP contribution < -0.4 is 5.32 Å². The average molecular weight is 202 g/mol. The second kappa shape index (κ2) is 4.70. The minimum atomic E-state index is 0.294. The number of hydrogen-bond acceptors (Lipinski definition) is 3. The van der Waals surface area contributed by atoms with Crippen molar-refractivity contribution >= 4 is 0 Å². The summed E-state index contributed by atoms with van der Waals surface area (Å²) in [6.07, 6.45) is 5.42. The van der Waals surface area contributed by atoms with E-state index in [-0.39, 0.29) is 0 Å². The van der Waals surface area contributed by atoms with Crippen LogP contribution in [-0.2, 0) is 6.54 Å². The van der Waals surface area contributed by atoms with E-state index in [2.05, 4.69) is 33.5 Å². The first kappa shape index (κ1) is 9.86. The van der Waals surface area contributed by atoms with E-state index < -0.39 is 0 Å². The van der Waals surface area contributed by atoms with E-state index >= 15 is 0 Å². The van der Waals surface area contributed by atoms with Crippen molar-refractivity contribution in [2.45, 2.75) is 19.5 Å². The number of pyridine rings is 1. The molecular formula is C11H14N4. The van der Waals surface area contributed by atoms with Gasteiger partial charge in [-0.05, 0) is 24.6 Å². The smallest absolute Gasteiger partial charge is 0.0490 e. The average Bonchev–Trinajstić information content (AvgIpc) is 2.80. The van der Waals surface area contributed by atoms with Crippen molar-refractivity contribution in [1.82, 2.24) is 20.5 Å². The standard InChI is InChI=1S/C11H14N4/c1-9(10-3-2-5-12-7-10)13-8-11-4-6-14-15-11/h2-7,9,13H,8H2,1H3,(H,14,15)/t9-/m1/s1. The Labute approximate surface area is 88.8 Å². The molecule has 1 atom stereocenters. The number of aromatic nitrogens is 3. The Morgan fingerprint density at radius 1 is 1.40 bits per heavy atom. The molecule has 0 aromatic carbocycles. The minimum absolute atomic E-state index is 0.294. The first-order valence-corrected chi connectivity index (χ1v) is 4.98. The molecular weight excluding hydrogens is 188 g/mol. The molecule has 0 radical (unpaired) electrons. The zero-order valence-electron chi connectivity index (χ0n) is 8.64. The first-order chi connectivity index (χ1) is 7.36. The molecule has 2 rings (SSSR count). The molecule has 4 heteroatoms. The molecule has 2 heterocycles. The minimum Gasteiger partial charge on any atom is -0.305 e. The Morgan fingerprint density at radius 2 is 2.33 bits per heavy atom. The van der Waals surface area contributed by atoms with Crippen molar-refractivity contribution in [3.05, 3.63) is 48.0 Å². The highest BCUT2D eigenvalue weighted by Crippen LogP contribution is 2.10. The summed E-state index contributed by atoms with van der Waals surface area (Å²) in [6.45, 7) is 2.91. The van der Waals surface area contributed by atoms with Crippen LogP contribution in [0.4, 0.5) is 0 Å². The van der Waals surface area contributed by atoms with E-state index in [4.69, 9.17) is 0 Å². The van der Waals surface area contributed by atoms with E-state index in [1.165, 1.54) is 5.56 Å². The van der Waals surface area contributed by atoms with Crippen molar-refractivity contribution < 1.29 is 0 Å². The molecule has 0 aliphatic heterocycles. The monoisotopic (exact) mass is 202 g/mol. The number of nitrogens with zero attached hydrogens (tertiary/aromatic N) is 2. The van der Waals surface area contributed by atoms with Gasteiger partial charge in [0.15, 0.2) is 0 Å². The Kier molecular flexibility index (Phi) is 3.09. The Hall–Kier alpha value is -1.68. The van der Waals surface area contributed by atoms with Gasteiger partial charge in [-0.25, -0.2) is 0 Å². The number of nitrogens with one attached hydrogen (secondary N) is 2. The molecule has 2 aromatic rings. The summed E-state index contributed by atoms with van der Waals surface area (Å²) < 4.78 is 0. The SMILES string of the molecule is C[C@@H](NCc1ccn[nH]1)c1cccnc1. The van der Waals surface area contributed by atoms with E-state index in [0.717, 1.165) is 12.2 Å². The molecule has 0 amide bonds. The summed E-state index contributed by atoms with van der Waals surface area (Å²) >= 11 is 0. The molecule has 4 nitrogen and oxygen atoms in total. The number of aromatic amines is 1. The van der Waals surface area contributed by atoms with Crippen LogP contribution in [0.2, 0.25) is 0 Å². The van der Waals surface area contributed by atoms with Gasteiger partial charge in [0.05, 0.1) is 0 Å². The summed E-state index contributed by atoms with van der Waals surface area (Å²) in [5.41, 5.74) is 2.28. The third-order valence-corrected chi connectivity index (χ3v) is 2.34. The van der Waals surface area contributed by atoms with Crippen LogP contribution >= 0.6 is 0 Å². The second-order valence-corrected chi connectivity index (χ2v) is 3.47. The van der Waals surface area contributed by atoms with Gasteiger partial charge in [0.25, 0.3) is 0 Å². The van der Waals surface area contributed by atoms with Crippen molar-refractivity contribution in [1.29, 1.82) is 0 Å². The van der Waals surface area contributed by atoms with Gasteiger partial charge in [0.1, 0.15) is 0 Å². The maximum Gasteiger partial charge on any atom is 0.0490 e. The van der Waals surface area contributed by atoms with Crippen LogP contribution in [0.3, 0.4) is 0 Å². The van der Waals surface area contributed by atoms with Crippen LogP contribution in [0.5, 0.6) is 0 Å². The summed E-state index contributed by atoms with van der Waals surface area (Å²) in [4.78, 5) is 4.09. The lowest BCUT2D eigenvalue weighted by atomic mass is 10.1. The molecule has 2 aromatic heterocycles. The molecule has 15 heavy (non-hydrogen) atoms. The normalized spacial score (nSPS) is 12.6. The van der Waals surface area contributed by atoms with Crippen molar-refractivity contribution in [2.75, 3.05) is 0 Å². The molecule has 2 N–H and O–H groups in total. The van der Waals surface area contributed by atoms with Crippen LogP contribution in [0.1, 0.15) is 24.2 Å². The van der Waals surface area contributed by atoms with E-state index in [1.807, 2.05) is 18.3 Å². The maximum absolute atomic E-state index is 4.09. The fourth-order valence-corrected chi connectivity index (χ4v) is 1.40. The molecule has 0 saturated carbocycles. The van der Waals surface area contributed by atoms with E-state index in [0.29, 0.717) is 6.04 Å². The molecule has 0 aliphatic carbocycles. The number of H-pyrrole nitrogens is 1. The van der Waals surface area contributed by atoms with Gasteiger partial charge in [-0.1, -0.05) is 6.07 Å². The van der Waals surface area contributed by atoms with Gasteiger partial charge in [-0.15, -0.1) is 0 Å². The molecule has 0 aliphatic rings. The van der Waals surface area contributed by atoms with Crippen molar-refractivity contribution in [3.63, 3.8) is 0 Å². The predicted molar refractivity (Wildman–Crippen MR) is 58.1 cm³/mol. The highest BCUT2D eigenvalue weighted by molar-refractivity contribution is 5.13. The van der Waals surface area contributed by atoms with Gasteiger partial charge >= 0.3 is 0 Å². The van der Waals surface area contributed by atoms with Crippen LogP contribution in [0, 0.1) is 0 Å². The third-order valence-electron chi connectivity index (χ3n) is 2.34. The summed E-state index contributed by atoms with van der Waals surface area (Å²) in [5, 5.41) is 10.2. The fourth-order valence-electron chi connectivity index (χ4n) is 1.40. The second-order valence-electron chi connectivity index (χ2n) is 3.47. The molecule has 78 valence electrons. The van der Waals surface area contributed by atoms with Crippen LogP contribution in [0.15, 0.2) is 36.8 Å². The summed E-state index contributed by atoms with van der Waals surface area (Å²) in [7, 11) is 0. The number of rotatable bonds is 4. The molecule has 0 spiro atoms. The number of hydrogen-bond donors (Lipinski definition) is 2. The largest absolute Gasteiger partial charge is 0.305 e. The first-order valence-electron chi connectivity index (χ1n) is 4.98. The lowest BCUT2D eigenvalue weighted by Gasteiger charge is -2.12. The lowest BCUT2D eigenvalue weighted by molar-refractivity contribution is 0.565. The maximum atomic E-state index is 4.09. The molecule has 0 bridgehead atoms. The zero-order valence-corrected chi connectivity index (χ0v) is 8.64. The van der Waals surface area contributed by atoms with Gasteiger partial charge < -0.3 is 5.32 Å². The zero-order chi connectivity index (χ0) is 10.5. The Balaban J connectivity index is 1.90. The topological polar surface area (TPSA) is 53.6 Å². The van der Waals surface area contributed by atoms with Gasteiger partial charge in [0, 0.05) is 36.9 Å². The van der Waals surface area contributed by atoms with Crippen LogP contribution in [0.25, 0.3) is 0 Å². The van der Waals surface area contributed by atoms with E-state index in [1.54, 1.807) is 12.4 Å². The summed E-state index contributed by atoms with van der Waals surface area (Å²) in [5.74, 6) is 0. The highest BCUT2D eigenvalue weighted by Gasteiger charge is 2.04. The van der Waals surface area contributed by atoms with Crippen molar-refractivity contribution in [2.24, 2.45) is 0 Å². The summed E-state index contributed by atoms with van der Waals surface area (Å²) in [6, 6.07) is 6.27. The fraction of sp³-hybridized carbons (Fsp3) is 0.273. The van der Waals surface area contributed by atoms with Gasteiger partial charge in [0.2, 0.25) is 0 Å².